The summed E-state index contributed by atoms with van der Waals surface area (Å²) in [7, 11) is 1.53. The van der Waals surface area contributed by atoms with Gasteiger partial charge in [-0.25, -0.2) is 4.98 Å². The predicted octanol–water partition coefficient (Wildman–Crippen LogP) is 4.23. The number of amides is 1. The third-order valence-electron chi connectivity index (χ3n) is 4.15. The number of carbonyl (C=O) groups excluding carboxylic acids is 1. The Kier molecular flexibility index (Phi) is 6.12. The van der Waals surface area contributed by atoms with Gasteiger partial charge in [-0.15, -0.1) is 0 Å². The highest BCUT2D eigenvalue weighted by atomic mass is 35.5. The van der Waals surface area contributed by atoms with Crippen molar-refractivity contribution in [2.45, 2.75) is 12.7 Å². The molecule has 0 bridgehead atoms. The van der Waals surface area contributed by atoms with E-state index in [1.165, 1.54) is 19.5 Å². The van der Waals surface area contributed by atoms with E-state index >= 15 is 0 Å². The lowest BCUT2D eigenvalue weighted by molar-refractivity contribution is -0.137. The normalized spacial score (nSPS) is 11.2. The van der Waals surface area contributed by atoms with Crippen molar-refractivity contribution in [3.8, 4) is 17.0 Å². The zero-order valence-corrected chi connectivity index (χ0v) is 16.3. The number of halogens is 4. The number of alkyl halides is 3. The molecule has 156 valence electrons. The van der Waals surface area contributed by atoms with Gasteiger partial charge in [-0.2, -0.15) is 13.2 Å². The summed E-state index contributed by atoms with van der Waals surface area (Å²) >= 11 is 5.86. The molecule has 0 atom stereocenters. The molecule has 1 N–H and O–H groups in total. The quantitative estimate of drug-likeness (QED) is 0.648. The first-order valence-electron chi connectivity index (χ1n) is 8.55. The molecule has 0 spiro atoms. The Labute approximate surface area is 173 Å². The predicted molar refractivity (Wildman–Crippen MR) is 106 cm³/mol. The van der Waals surface area contributed by atoms with Crippen molar-refractivity contribution in [1.82, 2.24) is 9.55 Å². The SMILES string of the molecule is COc1ccc(-c2cc(=O)n(CC(=O)Nc3cc(C(F)(F)F)ccc3Cl)cn2)cc1. The molecule has 0 unspecified atom stereocenters. The number of hydrogen-bond acceptors (Lipinski definition) is 4. The van der Waals surface area contributed by atoms with Gasteiger partial charge in [0.15, 0.2) is 0 Å². The first-order chi connectivity index (χ1) is 14.2. The molecule has 2 aromatic carbocycles. The minimum Gasteiger partial charge on any atom is -0.497 e. The highest BCUT2D eigenvalue weighted by Gasteiger charge is 2.31. The van der Waals surface area contributed by atoms with Gasteiger partial charge in [-0.1, -0.05) is 11.6 Å². The van der Waals surface area contributed by atoms with Gasteiger partial charge in [0.1, 0.15) is 12.3 Å². The summed E-state index contributed by atoms with van der Waals surface area (Å²) in [5.74, 6) is -0.0747. The molecular weight excluding hydrogens is 423 g/mol. The van der Waals surface area contributed by atoms with Crippen LogP contribution in [0.15, 0.2) is 59.7 Å². The number of benzene rings is 2. The fourth-order valence-electron chi connectivity index (χ4n) is 2.61. The van der Waals surface area contributed by atoms with E-state index in [1.54, 1.807) is 24.3 Å². The first-order valence-corrected chi connectivity index (χ1v) is 8.92. The molecule has 3 aromatic rings. The number of rotatable bonds is 5. The van der Waals surface area contributed by atoms with E-state index in [0.717, 1.165) is 22.8 Å². The second kappa shape index (κ2) is 8.58. The topological polar surface area (TPSA) is 73.2 Å². The van der Waals surface area contributed by atoms with Crippen molar-refractivity contribution in [2.24, 2.45) is 0 Å². The fraction of sp³-hybridized carbons (Fsp3) is 0.150. The maximum absolute atomic E-state index is 12.8. The molecule has 1 aromatic heterocycles. The summed E-state index contributed by atoms with van der Waals surface area (Å²) in [5, 5.41) is 2.23. The lowest BCUT2D eigenvalue weighted by atomic mass is 10.1. The fourth-order valence-corrected chi connectivity index (χ4v) is 2.77. The summed E-state index contributed by atoms with van der Waals surface area (Å²) in [5.41, 5.74) is -0.571. The summed E-state index contributed by atoms with van der Waals surface area (Å²) in [6.45, 7) is -0.443. The summed E-state index contributed by atoms with van der Waals surface area (Å²) < 4.78 is 44.6. The zero-order valence-electron chi connectivity index (χ0n) is 15.5. The number of ether oxygens (including phenoxy) is 1. The Morgan fingerprint density at radius 2 is 1.87 bits per heavy atom. The smallest absolute Gasteiger partial charge is 0.416 e. The summed E-state index contributed by atoms with van der Waals surface area (Å²) in [6.07, 6.45) is -3.39. The Balaban J connectivity index is 1.75. The molecule has 0 aliphatic rings. The van der Waals surface area contributed by atoms with Crippen LogP contribution in [0.2, 0.25) is 5.02 Å². The Morgan fingerprint density at radius 3 is 2.47 bits per heavy atom. The van der Waals surface area contributed by atoms with Crippen LogP contribution in [0.3, 0.4) is 0 Å². The molecule has 0 radical (unpaired) electrons. The molecule has 30 heavy (non-hydrogen) atoms. The Bertz CT molecular complexity index is 1130. The van der Waals surface area contributed by atoms with Gasteiger partial charge < -0.3 is 10.1 Å². The van der Waals surface area contributed by atoms with Crippen molar-refractivity contribution >= 4 is 23.2 Å². The van der Waals surface area contributed by atoms with Crippen LogP contribution >= 0.6 is 11.6 Å². The van der Waals surface area contributed by atoms with Gasteiger partial charge in [0.25, 0.3) is 5.56 Å². The Morgan fingerprint density at radius 1 is 1.17 bits per heavy atom. The van der Waals surface area contributed by atoms with E-state index in [2.05, 4.69) is 10.3 Å². The van der Waals surface area contributed by atoms with E-state index in [0.29, 0.717) is 17.0 Å². The average molecular weight is 438 g/mol. The second-order valence-electron chi connectivity index (χ2n) is 6.21. The minimum absolute atomic E-state index is 0.0586. The lowest BCUT2D eigenvalue weighted by Gasteiger charge is -2.12. The van der Waals surface area contributed by atoms with Crippen LogP contribution in [0.5, 0.6) is 5.75 Å². The van der Waals surface area contributed by atoms with E-state index in [-0.39, 0.29) is 10.7 Å². The molecule has 1 amide bonds. The van der Waals surface area contributed by atoms with Crippen molar-refractivity contribution < 1.29 is 22.7 Å². The van der Waals surface area contributed by atoms with E-state index in [9.17, 15) is 22.8 Å². The highest BCUT2D eigenvalue weighted by Crippen LogP contribution is 2.33. The van der Waals surface area contributed by atoms with Gasteiger partial charge in [0, 0.05) is 11.6 Å². The van der Waals surface area contributed by atoms with Gasteiger partial charge >= 0.3 is 6.18 Å². The molecule has 0 fully saturated rings. The number of aromatic nitrogens is 2. The average Bonchev–Trinajstić information content (AvgIpc) is 2.70. The number of anilines is 1. The van der Waals surface area contributed by atoms with Crippen molar-refractivity contribution in [3.05, 3.63) is 75.8 Å². The van der Waals surface area contributed by atoms with Crippen LogP contribution in [-0.4, -0.2) is 22.6 Å². The molecule has 6 nitrogen and oxygen atoms in total. The molecule has 10 heteroatoms. The monoisotopic (exact) mass is 437 g/mol. The Hall–Kier alpha value is -3.33. The summed E-state index contributed by atoms with van der Waals surface area (Å²) in [4.78, 5) is 28.7. The largest absolute Gasteiger partial charge is 0.497 e. The molecular formula is C20H15ClF3N3O3. The van der Waals surface area contributed by atoms with E-state index in [4.69, 9.17) is 16.3 Å². The van der Waals surface area contributed by atoms with Crippen LogP contribution in [0, 0.1) is 0 Å². The van der Waals surface area contributed by atoms with Gasteiger partial charge in [-0.3, -0.25) is 14.2 Å². The van der Waals surface area contributed by atoms with E-state index < -0.39 is 29.8 Å². The summed E-state index contributed by atoms with van der Waals surface area (Å²) in [6, 6.07) is 10.7. The molecule has 0 saturated carbocycles. The zero-order chi connectivity index (χ0) is 21.9. The van der Waals surface area contributed by atoms with Crippen LogP contribution < -0.4 is 15.6 Å². The van der Waals surface area contributed by atoms with E-state index in [1.807, 2.05) is 0 Å². The van der Waals surface area contributed by atoms with Crippen LogP contribution in [0.25, 0.3) is 11.3 Å². The molecule has 0 saturated heterocycles. The third kappa shape index (κ3) is 4.98. The van der Waals surface area contributed by atoms with Crippen molar-refractivity contribution in [2.75, 3.05) is 12.4 Å². The lowest BCUT2D eigenvalue weighted by Crippen LogP contribution is -2.27. The van der Waals surface area contributed by atoms with Crippen molar-refractivity contribution in [3.63, 3.8) is 0 Å². The number of nitrogens with zero attached hydrogens (tertiary/aromatic N) is 2. The standard InChI is InChI=1S/C20H15ClF3N3O3/c1-30-14-5-2-12(3-6-14)16-9-19(29)27(11-25-16)10-18(28)26-17-8-13(20(22,23)24)4-7-15(17)21/h2-9,11H,10H2,1H3,(H,26,28). The second-order valence-corrected chi connectivity index (χ2v) is 6.62. The number of methoxy groups -OCH3 is 1. The highest BCUT2D eigenvalue weighted by molar-refractivity contribution is 6.33. The molecule has 3 rings (SSSR count). The van der Waals surface area contributed by atoms with Gasteiger partial charge in [0.2, 0.25) is 5.91 Å². The number of nitrogens with one attached hydrogen (secondary N) is 1. The maximum atomic E-state index is 12.8. The molecule has 0 aliphatic heterocycles. The van der Waals surface area contributed by atoms with Crippen LogP contribution in [0.1, 0.15) is 5.56 Å². The van der Waals surface area contributed by atoms with Crippen molar-refractivity contribution in [1.29, 1.82) is 0 Å². The number of carbonyl (C=O) groups is 1. The molecule has 0 aliphatic carbocycles. The third-order valence-corrected chi connectivity index (χ3v) is 4.48. The minimum atomic E-state index is -4.58. The van der Waals surface area contributed by atoms with Crippen LogP contribution in [-0.2, 0) is 17.5 Å². The first kappa shape index (κ1) is 21.4. The van der Waals surface area contributed by atoms with Gasteiger partial charge in [-0.05, 0) is 42.5 Å². The number of hydrogen-bond donors (Lipinski definition) is 1. The van der Waals surface area contributed by atoms with Crippen LogP contribution in [0.4, 0.5) is 18.9 Å². The van der Waals surface area contributed by atoms with Gasteiger partial charge in [0.05, 0.1) is 35.4 Å². The maximum Gasteiger partial charge on any atom is 0.416 e. The molecule has 1 heterocycles.